The van der Waals surface area contributed by atoms with E-state index in [4.69, 9.17) is 5.26 Å². The van der Waals surface area contributed by atoms with Crippen molar-refractivity contribution in [2.75, 3.05) is 0 Å². The molecular weight excluding hydrogens is 150 g/mol. The zero-order chi connectivity index (χ0) is 8.39. The summed E-state index contributed by atoms with van der Waals surface area (Å²) in [5.41, 5.74) is 1.64. The molecule has 1 aliphatic carbocycles. The van der Waals surface area contributed by atoms with Crippen LogP contribution in [0.4, 0.5) is 0 Å². The minimum absolute atomic E-state index is 0.704. The second kappa shape index (κ2) is 2.98. The van der Waals surface area contributed by atoms with Crippen LogP contribution >= 0.6 is 0 Å². The Kier molecular flexibility index (Phi) is 1.83. The quantitative estimate of drug-likeness (QED) is 0.732. The van der Waals surface area contributed by atoms with Crippen LogP contribution in [0.1, 0.15) is 30.5 Å². The van der Waals surface area contributed by atoms with Gasteiger partial charge in [-0.15, -0.1) is 0 Å². The van der Waals surface area contributed by atoms with Crippen molar-refractivity contribution in [1.29, 1.82) is 5.26 Å². The second-order valence-corrected chi connectivity index (χ2v) is 3.34. The fraction of sp³-hybridized carbons (Fsp3) is 0.556. The highest BCUT2D eigenvalue weighted by atomic mass is 15.1. The average molecular weight is 161 g/mol. The predicted molar refractivity (Wildman–Crippen MR) is 44.3 cm³/mol. The largest absolute Gasteiger partial charge is 0.284 e. The SMILES string of the molecule is N#Cc1c[nH]nc1CCC1CC1. The van der Waals surface area contributed by atoms with E-state index in [0.29, 0.717) is 5.56 Å². The van der Waals surface area contributed by atoms with Crippen LogP contribution in [-0.4, -0.2) is 10.2 Å². The van der Waals surface area contributed by atoms with Crippen molar-refractivity contribution < 1.29 is 0 Å². The van der Waals surface area contributed by atoms with Crippen molar-refractivity contribution in [2.24, 2.45) is 5.92 Å². The third-order valence-corrected chi connectivity index (χ3v) is 2.33. The molecule has 62 valence electrons. The standard InChI is InChI=1S/C9H11N3/c10-5-8-6-11-12-9(8)4-3-7-1-2-7/h6-7H,1-4H2,(H,11,12). The molecule has 0 amide bonds. The fourth-order valence-electron chi connectivity index (χ4n) is 1.35. The van der Waals surface area contributed by atoms with Crippen LogP contribution < -0.4 is 0 Å². The lowest BCUT2D eigenvalue weighted by Crippen LogP contribution is -1.90. The first-order valence-electron chi connectivity index (χ1n) is 4.33. The van der Waals surface area contributed by atoms with Gasteiger partial charge in [0.25, 0.3) is 0 Å². The lowest BCUT2D eigenvalue weighted by Gasteiger charge is -1.93. The van der Waals surface area contributed by atoms with Gasteiger partial charge in [0.1, 0.15) is 6.07 Å². The molecule has 1 fully saturated rings. The van der Waals surface area contributed by atoms with E-state index in [1.165, 1.54) is 19.3 Å². The van der Waals surface area contributed by atoms with Crippen LogP contribution in [0, 0.1) is 17.2 Å². The van der Waals surface area contributed by atoms with Crippen LogP contribution in [0.3, 0.4) is 0 Å². The Morgan fingerprint density at radius 2 is 2.50 bits per heavy atom. The van der Waals surface area contributed by atoms with E-state index in [1.54, 1.807) is 6.20 Å². The molecule has 3 heteroatoms. The molecule has 1 aliphatic rings. The van der Waals surface area contributed by atoms with Crippen molar-refractivity contribution in [2.45, 2.75) is 25.7 Å². The topological polar surface area (TPSA) is 52.5 Å². The summed E-state index contributed by atoms with van der Waals surface area (Å²) in [6, 6.07) is 2.13. The van der Waals surface area contributed by atoms with Gasteiger partial charge in [0.15, 0.2) is 0 Å². The van der Waals surface area contributed by atoms with Crippen molar-refractivity contribution in [3.8, 4) is 6.07 Å². The van der Waals surface area contributed by atoms with Gasteiger partial charge in [0.2, 0.25) is 0 Å². The van der Waals surface area contributed by atoms with Crippen molar-refractivity contribution >= 4 is 0 Å². The first kappa shape index (κ1) is 7.35. The zero-order valence-electron chi connectivity index (χ0n) is 6.88. The molecular formula is C9H11N3. The Bertz CT molecular complexity index is 304. The van der Waals surface area contributed by atoms with Gasteiger partial charge in [-0.2, -0.15) is 10.4 Å². The number of H-pyrrole nitrogens is 1. The van der Waals surface area contributed by atoms with Gasteiger partial charge >= 0.3 is 0 Å². The number of nitriles is 1. The van der Waals surface area contributed by atoms with Crippen LogP contribution in [0.25, 0.3) is 0 Å². The molecule has 2 rings (SSSR count). The van der Waals surface area contributed by atoms with E-state index >= 15 is 0 Å². The molecule has 1 N–H and O–H groups in total. The summed E-state index contributed by atoms with van der Waals surface area (Å²) >= 11 is 0. The number of hydrogen-bond acceptors (Lipinski definition) is 2. The zero-order valence-corrected chi connectivity index (χ0v) is 6.88. The number of rotatable bonds is 3. The normalized spacial score (nSPS) is 15.9. The molecule has 0 bridgehead atoms. The molecule has 0 aliphatic heterocycles. The molecule has 1 heterocycles. The van der Waals surface area contributed by atoms with Crippen molar-refractivity contribution in [3.63, 3.8) is 0 Å². The number of aromatic amines is 1. The van der Waals surface area contributed by atoms with E-state index in [9.17, 15) is 0 Å². The first-order chi connectivity index (χ1) is 5.90. The predicted octanol–water partition coefficient (Wildman–Crippen LogP) is 1.62. The summed E-state index contributed by atoms with van der Waals surface area (Å²) in [4.78, 5) is 0. The van der Waals surface area contributed by atoms with Gasteiger partial charge < -0.3 is 0 Å². The fourth-order valence-corrected chi connectivity index (χ4v) is 1.35. The maximum absolute atomic E-state index is 8.68. The highest BCUT2D eigenvalue weighted by molar-refractivity contribution is 5.30. The van der Waals surface area contributed by atoms with Crippen LogP contribution in [-0.2, 0) is 6.42 Å². The molecule has 0 spiro atoms. The molecule has 0 aromatic carbocycles. The molecule has 12 heavy (non-hydrogen) atoms. The third kappa shape index (κ3) is 1.48. The maximum Gasteiger partial charge on any atom is 0.103 e. The molecule has 0 unspecified atom stereocenters. The van der Waals surface area contributed by atoms with Gasteiger partial charge in [-0.25, -0.2) is 0 Å². The van der Waals surface area contributed by atoms with Crippen LogP contribution in [0.15, 0.2) is 6.20 Å². The first-order valence-corrected chi connectivity index (χ1v) is 4.33. The summed E-state index contributed by atoms with van der Waals surface area (Å²) in [6.07, 6.45) is 6.55. The summed E-state index contributed by atoms with van der Waals surface area (Å²) in [7, 11) is 0. The number of aromatic nitrogens is 2. The van der Waals surface area contributed by atoms with Crippen LogP contribution in [0.5, 0.6) is 0 Å². The van der Waals surface area contributed by atoms with E-state index in [2.05, 4.69) is 16.3 Å². The lowest BCUT2D eigenvalue weighted by atomic mass is 10.1. The Morgan fingerprint density at radius 3 is 3.17 bits per heavy atom. The Labute approximate surface area is 71.4 Å². The van der Waals surface area contributed by atoms with E-state index in [1.807, 2.05) is 0 Å². The van der Waals surface area contributed by atoms with E-state index in [0.717, 1.165) is 18.0 Å². The minimum Gasteiger partial charge on any atom is -0.284 e. The maximum atomic E-state index is 8.68. The highest BCUT2D eigenvalue weighted by Gasteiger charge is 2.21. The van der Waals surface area contributed by atoms with Gasteiger partial charge in [0, 0.05) is 6.20 Å². The van der Waals surface area contributed by atoms with Gasteiger partial charge in [-0.3, -0.25) is 5.10 Å². The average Bonchev–Trinajstić information content (AvgIpc) is 2.81. The van der Waals surface area contributed by atoms with Crippen molar-refractivity contribution in [1.82, 2.24) is 10.2 Å². The summed E-state index contributed by atoms with van der Waals surface area (Å²) in [5.74, 6) is 0.910. The molecule has 1 saturated carbocycles. The highest BCUT2D eigenvalue weighted by Crippen LogP contribution is 2.33. The van der Waals surface area contributed by atoms with E-state index < -0.39 is 0 Å². The van der Waals surface area contributed by atoms with E-state index in [-0.39, 0.29) is 0 Å². The molecule has 1 aromatic rings. The Balaban J connectivity index is 1.97. The lowest BCUT2D eigenvalue weighted by molar-refractivity contribution is 0.710. The number of nitrogens with zero attached hydrogens (tertiary/aromatic N) is 2. The smallest absolute Gasteiger partial charge is 0.103 e. The minimum atomic E-state index is 0.704. The Morgan fingerprint density at radius 1 is 1.67 bits per heavy atom. The summed E-state index contributed by atoms with van der Waals surface area (Å²) in [5, 5.41) is 15.4. The molecule has 3 nitrogen and oxygen atoms in total. The van der Waals surface area contributed by atoms with Gasteiger partial charge in [-0.05, 0) is 18.8 Å². The number of nitrogens with one attached hydrogen (secondary N) is 1. The Hall–Kier alpha value is -1.30. The molecule has 0 atom stereocenters. The van der Waals surface area contributed by atoms with Gasteiger partial charge in [0.05, 0.1) is 11.3 Å². The second-order valence-electron chi connectivity index (χ2n) is 3.34. The molecule has 0 saturated heterocycles. The molecule has 1 aromatic heterocycles. The van der Waals surface area contributed by atoms with Crippen molar-refractivity contribution in [3.05, 3.63) is 17.5 Å². The summed E-state index contributed by atoms with van der Waals surface area (Å²) < 4.78 is 0. The number of hydrogen-bond donors (Lipinski definition) is 1. The monoisotopic (exact) mass is 161 g/mol. The summed E-state index contributed by atoms with van der Waals surface area (Å²) in [6.45, 7) is 0. The molecule has 0 radical (unpaired) electrons. The third-order valence-electron chi connectivity index (χ3n) is 2.33. The van der Waals surface area contributed by atoms with Gasteiger partial charge in [-0.1, -0.05) is 12.8 Å². The number of aryl methyl sites for hydroxylation is 1. The van der Waals surface area contributed by atoms with Crippen LogP contribution in [0.2, 0.25) is 0 Å².